The molecule has 1 rings (SSSR count). The number of nitrogens with one attached hydrogen (secondary N) is 2. The Morgan fingerprint density at radius 2 is 1.60 bits per heavy atom. The van der Waals surface area contributed by atoms with E-state index in [0.717, 1.165) is 20.8 Å². The van der Waals surface area contributed by atoms with E-state index in [-0.39, 0.29) is 19.4 Å². The fourth-order valence-electron chi connectivity index (χ4n) is 2.63. The molecular formula is C17H25FN2O10. The van der Waals surface area contributed by atoms with Crippen molar-refractivity contribution in [1.29, 1.82) is 0 Å². The van der Waals surface area contributed by atoms with E-state index < -0.39 is 67.2 Å². The number of aliphatic carboxylic acids is 1. The van der Waals surface area contributed by atoms with E-state index >= 15 is 0 Å². The third-order valence-electron chi connectivity index (χ3n) is 3.80. The maximum absolute atomic E-state index is 15.0. The first-order valence-electron chi connectivity index (χ1n) is 9.04. The number of ether oxygens (including phenoxy) is 4. The number of rotatable bonds is 9. The highest BCUT2D eigenvalue weighted by Crippen LogP contribution is 2.28. The van der Waals surface area contributed by atoms with Crippen molar-refractivity contribution in [3.05, 3.63) is 0 Å². The number of urea groups is 1. The summed E-state index contributed by atoms with van der Waals surface area (Å²) in [5.41, 5.74) is 0. The molecule has 2 amide bonds. The highest BCUT2D eigenvalue weighted by Gasteiger charge is 2.51. The monoisotopic (exact) mass is 436 g/mol. The van der Waals surface area contributed by atoms with Gasteiger partial charge in [0, 0.05) is 33.7 Å². The topological polar surface area (TPSA) is 167 Å². The van der Waals surface area contributed by atoms with E-state index in [9.17, 15) is 28.4 Å². The van der Waals surface area contributed by atoms with Crippen LogP contribution >= 0.6 is 0 Å². The molecule has 1 saturated heterocycles. The molecule has 12 nitrogen and oxygen atoms in total. The van der Waals surface area contributed by atoms with Crippen molar-refractivity contribution in [2.24, 2.45) is 0 Å². The van der Waals surface area contributed by atoms with E-state index in [1.807, 2.05) is 0 Å². The maximum Gasteiger partial charge on any atom is 0.316 e. The van der Waals surface area contributed by atoms with Gasteiger partial charge in [-0.2, -0.15) is 0 Å². The fourth-order valence-corrected chi connectivity index (χ4v) is 2.63. The van der Waals surface area contributed by atoms with Gasteiger partial charge < -0.3 is 34.7 Å². The van der Waals surface area contributed by atoms with Crippen molar-refractivity contribution >= 4 is 29.9 Å². The molecule has 170 valence electrons. The quantitative estimate of drug-likeness (QED) is 0.247. The number of alkyl halides is 1. The number of carbonyl (C=O) groups excluding carboxylic acids is 4. The summed E-state index contributed by atoms with van der Waals surface area (Å²) in [6.45, 7) is 2.73. The van der Waals surface area contributed by atoms with Gasteiger partial charge in [-0.25, -0.2) is 9.18 Å². The smallest absolute Gasteiger partial charge is 0.316 e. The average Bonchev–Trinajstić information content (AvgIpc) is 2.62. The molecule has 13 heteroatoms. The second-order valence-electron chi connectivity index (χ2n) is 6.39. The number of esters is 3. The summed E-state index contributed by atoms with van der Waals surface area (Å²) in [5, 5.41) is 13.1. The Balaban J connectivity index is 2.91. The van der Waals surface area contributed by atoms with Gasteiger partial charge in [-0.05, 0) is 6.42 Å². The molecule has 0 aromatic carbocycles. The summed E-state index contributed by atoms with van der Waals surface area (Å²) in [5.74, 6) is -3.41. The molecule has 0 radical (unpaired) electrons. The lowest BCUT2D eigenvalue weighted by Gasteiger charge is -2.42. The number of halogens is 1. The van der Waals surface area contributed by atoms with Gasteiger partial charge in [-0.15, -0.1) is 0 Å². The fraction of sp³-hybridized carbons (Fsp3) is 0.706. The lowest BCUT2D eigenvalue weighted by Crippen LogP contribution is -2.64. The summed E-state index contributed by atoms with van der Waals surface area (Å²) in [4.78, 5) is 56.4. The zero-order valence-corrected chi connectivity index (χ0v) is 16.7. The first-order chi connectivity index (χ1) is 14.0. The van der Waals surface area contributed by atoms with Crippen LogP contribution in [0.15, 0.2) is 0 Å². The number of carboxylic acids is 1. The third kappa shape index (κ3) is 8.59. The minimum Gasteiger partial charge on any atom is -0.481 e. The van der Waals surface area contributed by atoms with Gasteiger partial charge >= 0.3 is 29.9 Å². The SMILES string of the molecule is CC(=O)OC[C@H]1O[C@@H](NC(=O)NCCCC(=O)O)[C@H](F)[C@@H](OC(C)=O)[C@@H]1OC(C)=O. The minimum atomic E-state index is -2.13. The van der Waals surface area contributed by atoms with Crippen LogP contribution in [0.25, 0.3) is 0 Å². The summed E-state index contributed by atoms with van der Waals surface area (Å²) < 4.78 is 35.2. The Morgan fingerprint density at radius 1 is 1.00 bits per heavy atom. The third-order valence-corrected chi connectivity index (χ3v) is 3.80. The van der Waals surface area contributed by atoms with Gasteiger partial charge in [-0.3, -0.25) is 19.2 Å². The van der Waals surface area contributed by atoms with Crippen LogP contribution < -0.4 is 10.6 Å². The van der Waals surface area contributed by atoms with Gasteiger partial charge in [-0.1, -0.05) is 0 Å². The molecule has 0 aliphatic carbocycles. The predicted octanol–water partition coefficient (Wildman–Crippen LogP) is -0.360. The molecule has 0 unspecified atom stereocenters. The first kappa shape index (κ1) is 25.1. The van der Waals surface area contributed by atoms with Gasteiger partial charge in [0.15, 0.2) is 24.6 Å². The highest BCUT2D eigenvalue weighted by atomic mass is 19.1. The molecule has 1 heterocycles. The molecule has 3 N–H and O–H groups in total. The van der Waals surface area contributed by atoms with Crippen LogP contribution in [0.1, 0.15) is 33.6 Å². The summed E-state index contributed by atoms with van der Waals surface area (Å²) in [7, 11) is 0. The maximum atomic E-state index is 15.0. The van der Waals surface area contributed by atoms with Crippen molar-refractivity contribution < 1.29 is 52.4 Å². The molecule has 0 spiro atoms. The Labute approximate surface area is 171 Å². The normalized spacial score (nSPS) is 25.5. The van der Waals surface area contributed by atoms with Crippen LogP contribution in [0, 0.1) is 0 Å². The van der Waals surface area contributed by atoms with Gasteiger partial charge in [0.2, 0.25) is 0 Å². The van der Waals surface area contributed by atoms with E-state index in [4.69, 9.17) is 24.1 Å². The molecule has 0 aromatic rings. The number of carboxylic acid groups (broad SMARTS) is 1. The Morgan fingerprint density at radius 3 is 2.13 bits per heavy atom. The molecule has 1 aliphatic rings. The zero-order chi connectivity index (χ0) is 22.8. The van der Waals surface area contributed by atoms with Crippen molar-refractivity contribution in [2.45, 2.75) is 64.3 Å². The Bertz CT molecular complexity index is 658. The van der Waals surface area contributed by atoms with Crippen LogP contribution in [0.4, 0.5) is 9.18 Å². The number of hydrogen-bond donors (Lipinski definition) is 3. The highest BCUT2D eigenvalue weighted by molar-refractivity contribution is 5.74. The molecular weight excluding hydrogens is 411 g/mol. The van der Waals surface area contributed by atoms with Crippen molar-refractivity contribution in [3.8, 4) is 0 Å². The lowest BCUT2D eigenvalue weighted by molar-refractivity contribution is -0.238. The molecule has 0 bridgehead atoms. The number of carbonyl (C=O) groups is 5. The first-order valence-corrected chi connectivity index (χ1v) is 9.04. The van der Waals surface area contributed by atoms with Crippen LogP contribution in [0.5, 0.6) is 0 Å². The molecule has 5 atom stereocenters. The van der Waals surface area contributed by atoms with Gasteiger partial charge in [0.05, 0.1) is 0 Å². The lowest BCUT2D eigenvalue weighted by atomic mass is 9.98. The van der Waals surface area contributed by atoms with Crippen molar-refractivity contribution in [1.82, 2.24) is 10.6 Å². The Hall–Kier alpha value is -2.96. The summed E-state index contributed by atoms with van der Waals surface area (Å²) in [6, 6.07) is -0.869. The van der Waals surface area contributed by atoms with Crippen LogP contribution in [0.3, 0.4) is 0 Å². The van der Waals surface area contributed by atoms with Crippen LogP contribution in [0.2, 0.25) is 0 Å². The van der Waals surface area contributed by atoms with E-state index in [2.05, 4.69) is 10.6 Å². The van der Waals surface area contributed by atoms with Crippen LogP contribution in [-0.4, -0.2) is 78.9 Å². The minimum absolute atomic E-state index is 0.00211. The van der Waals surface area contributed by atoms with Gasteiger partial charge in [0.1, 0.15) is 12.7 Å². The van der Waals surface area contributed by atoms with Crippen molar-refractivity contribution in [2.75, 3.05) is 13.2 Å². The zero-order valence-electron chi connectivity index (χ0n) is 16.7. The second-order valence-corrected chi connectivity index (χ2v) is 6.39. The molecule has 1 fully saturated rings. The van der Waals surface area contributed by atoms with Gasteiger partial charge in [0.25, 0.3) is 0 Å². The number of amides is 2. The molecule has 30 heavy (non-hydrogen) atoms. The predicted molar refractivity (Wildman–Crippen MR) is 94.7 cm³/mol. The van der Waals surface area contributed by atoms with E-state index in [0.29, 0.717) is 0 Å². The summed E-state index contributed by atoms with van der Waals surface area (Å²) in [6.07, 6.45) is -8.11. The van der Waals surface area contributed by atoms with E-state index in [1.54, 1.807) is 0 Å². The molecule has 0 saturated carbocycles. The standard InChI is InChI=1S/C17H25FN2O10/c1-8(21)27-7-11-14(28-9(2)22)15(29-10(3)23)13(18)16(30-11)20-17(26)19-6-4-5-12(24)25/h11,13-16H,4-7H2,1-3H3,(H,24,25)(H2,19,20,26)/t11-,13-,14-,15-,16-/m1/s1. The largest absolute Gasteiger partial charge is 0.481 e. The summed E-state index contributed by atoms with van der Waals surface area (Å²) >= 11 is 0. The van der Waals surface area contributed by atoms with Crippen LogP contribution in [-0.2, 0) is 38.1 Å². The van der Waals surface area contributed by atoms with E-state index in [1.165, 1.54) is 0 Å². The molecule has 1 aliphatic heterocycles. The Kier molecular flexibility index (Phi) is 9.95. The van der Waals surface area contributed by atoms with Crippen molar-refractivity contribution in [3.63, 3.8) is 0 Å². The number of hydrogen-bond acceptors (Lipinski definition) is 9. The molecule has 0 aromatic heterocycles. The average molecular weight is 436 g/mol. The second kappa shape index (κ2) is 11.9.